The Morgan fingerprint density at radius 3 is 2.44 bits per heavy atom. The largest absolute Gasteiger partial charge is 0.392 e. The number of carbonyl (C=O) groups excluding carboxylic acids is 1. The van der Waals surface area contributed by atoms with Crippen LogP contribution in [0, 0.1) is 5.92 Å². The van der Waals surface area contributed by atoms with Crippen molar-refractivity contribution in [3.8, 4) is 0 Å². The highest BCUT2D eigenvalue weighted by Crippen LogP contribution is 2.28. The van der Waals surface area contributed by atoms with Gasteiger partial charge in [0.05, 0.1) is 18.1 Å². The van der Waals surface area contributed by atoms with Crippen LogP contribution in [0.3, 0.4) is 0 Å². The van der Waals surface area contributed by atoms with Gasteiger partial charge < -0.3 is 15.5 Å². The standard InChI is InChI=1S/C12H23NO3/c1-9(2)10(14)7-11(15)13-8-12(16)5-3-4-6-12/h9-10,14,16H,3-8H2,1-2H3,(H,13,15). The number of hydrogen-bond donors (Lipinski definition) is 3. The molecule has 1 unspecified atom stereocenters. The summed E-state index contributed by atoms with van der Waals surface area (Å²) in [4.78, 5) is 11.5. The summed E-state index contributed by atoms with van der Waals surface area (Å²) in [5.74, 6) is -0.0955. The van der Waals surface area contributed by atoms with Crippen LogP contribution in [-0.4, -0.2) is 34.4 Å². The molecule has 16 heavy (non-hydrogen) atoms. The van der Waals surface area contributed by atoms with E-state index in [1.165, 1.54) is 0 Å². The normalized spacial score (nSPS) is 21.1. The molecule has 4 nitrogen and oxygen atoms in total. The molecule has 0 aromatic heterocycles. The fourth-order valence-corrected chi connectivity index (χ4v) is 1.97. The van der Waals surface area contributed by atoms with Gasteiger partial charge in [0.2, 0.25) is 5.91 Å². The van der Waals surface area contributed by atoms with Gasteiger partial charge in [0, 0.05) is 6.54 Å². The number of aliphatic hydroxyl groups excluding tert-OH is 1. The lowest BCUT2D eigenvalue weighted by molar-refractivity contribution is -0.124. The van der Waals surface area contributed by atoms with E-state index in [1.54, 1.807) is 0 Å². The number of carbonyl (C=O) groups is 1. The number of nitrogens with one attached hydrogen (secondary N) is 1. The molecule has 1 rings (SSSR count). The summed E-state index contributed by atoms with van der Waals surface area (Å²) in [6, 6.07) is 0. The fourth-order valence-electron chi connectivity index (χ4n) is 1.97. The highest BCUT2D eigenvalue weighted by atomic mass is 16.3. The zero-order valence-corrected chi connectivity index (χ0v) is 10.2. The van der Waals surface area contributed by atoms with Gasteiger partial charge in [0.15, 0.2) is 0 Å². The first-order chi connectivity index (χ1) is 7.43. The van der Waals surface area contributed by atoms with E-state index in [4.69, 9.17) is 0 Å². The van der Waals surface area contributed by atoms with E-state index in [1.807, 2.05) is 13.8 Å². The SMILES string of the molecule is CC(C)C(O)CC(=O)NCC1(O)CCCC1. The predicted molar refractivity (Wildman–Crippen MR) is 61.9 cm³/mol. The highest BCUT2D eigenvalue weighted by Gasteiger charge is 2.31. The Hall–Kier alpha value is -0.610. The van der Waals surface area contributed by atoms with E-state index in [9.17, 15) is 15.0 Å². The van der Waals surface area contributed by atoms with Gasteiger partial charge in [0.1, 0.15) is 0 Å². The number of aliphatic hydroxyl groups is 2. The lowest BCUT2D eigenvalue weighted by Crippen LogP contribution is -2.41. The first kappa shape index (κ1) is 13.5. The van der Waals surface area contributed by atoms with Crippen LogP contribution >= 0.6 is 0 Å². The van der Waals surface area contributed by atoms with Crippen LogP contribution in [0.4, 0.5) is 0 Å². The van der Waals surface area contributed by atoms with E-state index < -0.39 is 11.7 Å². The Morgan fingerprint density at radius 1 is 1.38 bits per heavy atom. The third kappa shape index (κ3) is 4.10. The lowest BCUT2D eigenvalue weighted by atomic mass is 10.0. The summed E-state index contributed by atoms with van der Waals surface area (Å²) < 4.78 is 0. The van der Waals surface area contributed by atoms with Gasteiger partial charge in [-0.05, 0) is 18.8 Å². The molecule has 0 saturated heterocycles. The summed E-state index contributed by atoms with van der Waals surface area (Å²) in [6.07, 6.45) is 3.11. The predicted octanol–water partition coefficient (Wildman–Crippen LogP) is 0.815. The molecule has 1 aliphatic carbocycles. The Balaban J connectivity index is 2.24. The quantitative estimate of drug-likeness (QED) is 0.653. The second-order valence-corrected chi connectivity index (χ2v) is 5.22. The van der Waals surface area contributed by atoms with Crippen LogP contribution < -0.4 is 5.32 Å². The van der Waals surface area contributed by atoms with Gasteiger partial charge >= 0.3 is 0 Å². The first-order valence-corrected chi connectivity index (χ1v) is 6.10. The van der Waals surface area contributed by atoms with Crippen molar-refractivity contribution in [2.75, 3.05) is 6.54 Å². The second-order valence-electron chi connectivity index (χ2n) is 5.22. The molecule has 1 atom stereocenters. The molecule has 94 valence electrons. The maximum Gasteiger partial charge on any atom is 0.222 e. The second kappa shape index (κ2) is 5.64. The smallest absolute Gasteiger partial charge is 0.222 e. The average Bonchev–Trinajstić information content (AvgIpc) is 2.63. The molecule has 3 N–H and O–H groups in total. The minimum Gasteiger partial charge on any atom is -0.392 e. The molecule has 1 fully saturated rings. The van der Waals surface area contributed by atoms with Crippen molar-refractivity contribution in [3.05, 3.63) is 0 Å². The van der Waals surface area contributed by atoms with Gasteiger partial charge in [-0.2, -0.15) is 0 Å². The average molecular weight is 229 g/mol. The Kier molecular flexibility index (Phi) is 4.74. The van der Waals surface area contributed by atoms with Crippen LogP contribution in [-0.2, 0) is 4.79 Å². The zero-order chi connectivity index (χ0) is 12.2. The van der Waals surface area contributed by atoms with Crippen LogP contribution in [0.5, 0.6) is 0 Å². The highest BCUT2D eigenvalue weighted by molar-refractivity contribution is 5.76. The van der Waals surface area contributed by atoms with Crippen LogP contribution in [0.15, 0.2) is 0 Å². The maximum absolute atomic E-state index is 11.5. The van der Waals surface area contributed by atoms with Crippen LogP contribution in [0.25, 0.3) is 0 Å². The summed E-state index contributed by atoms with van der Waals surface area (Å²) in [5, 5.41) is 22.2. The number of rotatable bonds is 5. The number of amides is 1. The molecule has 0 spiro atoms. The lowest BCUT2D eigenvalue weighted by Gasteiger charge is -2.23. The van der Waals surface area contributed by atoms with E-state index in [0.29, 0.717) is 6.54 Å². The van der Waals surface area contributed by atoms with Crippen molar-refractivity contribution in [1.82, 2.24) is 5.32 Å². The molecule has 1 aliphatic rings. The van der Waals surface area contributed by atoms with E-state index >= 15 is 0 Å². The Bertz CT molecular complexity index is 234. The molecule has 1 saturated carbocycles. The zero-order valence-electron chi connectivity index (χ0n) is 10.2. The summed E-state index contributed by atoms with van der Waals surface area (Å²) in [6.45, 7) is 4.07. The summed E-state index contributed by atoms with van der Waals surface area (Å²) in [5.41, 5.74) is -0.710. The van der Waals surface area contributed by atoms with Gasteiger partial charge in [-0.3, -0.25) is 4.79 Å². The minimum absolute atomic E-state index is 0.0836. The molecule has 0 bridgehead atoms. The molecule has 1 amide bonds. The molecule has 4 heteroatoms. The molecule has 0 heterocycles. The van der Waals surface area contributed by atoms with Crippen molar-refractivity contribution >= 4 is 5.91 Å². The maximum atomic E-state index is 11.5. The van der Waals surface area contributed by atoms with Crippen LogP contribution in [0.2, 0.25) is 0 Å². The topological polar surface area (TPSA) is 69.6 Å². The van der Waals surface area contributed by atoms with Gasteiger partial charge in [0.25, 0.3) is 0 Å². The van der Waals surface area contributed by atoms with Gasteiger partial charge in [-0.1, -0.05) is 26.7 Å². The van der Waals surface area contributed by atoms with Crippen molar-refractivity contribution in [2.24, 2.45) is 5.92 Å². The van der Waals surface area contributed by atoms with Crippen molar-refractivity contribution in [3.63, 3.8) is 0 Å². The molecule has 0 aliphatic heterocycles. The third-order valence-corrected chi connectivity index (χ3v) is 3.31. The van der Waals surface area contributed by atoms with E-state index in [2.05, 4.69) is 5.32 Å². The monoisotopic (exact) mass is 229 g/mol. The Morgan fingerprint density at radius 2 is 1.94 bits per heavy atom. The molecular formula is C12H23NO3. The molecule has 0 aromatic carbocycles. The third-order valence-electron chi connectivity index (χ3n) is 3.31. The first-order valence-electron chi connectivity index (χ1n) is 6.10. The minimum atomic E-state index is -0.710. The van der Waals surface area contributed by atoms with E-state index in [-0.39, 0.29) is 18.2 Å². The molecular weight excluding hydrogens is 206 g/mol. The molecule has 0 aromatic rings. The van der Waals surface area contributed by atoms with Crippen LogP contribution in [0.1, 0.15) is 46.0 Å². The van der Waals surface area contributed by atoms with Crippen molar-refractivity contribution in [1.29, 1.82) is 0 Å². The van der Waals surface area contributed by atoms with Gasteiger partial charge in [-0.15, -0.1) is 0 Å². The van der Waals surface area contributed by atoms with Crippen molar-refractivity contribution < 1.29 is 15.0 Å². The van der Waals surface area contributed by atoms with Crippen molar-refractivity contribution in [2.45, 2.75) is 57.7 Å². The number of hydrogen-bond acceptors (Lipinski definition) is 3. The Labute approximate surface area is 97.0 Å². The van der Waals surface area contributed by atoms with E-state index in [0.717, 1.165) is 25.7 Å². The summed E-state index contributed by atoms with van der Waals surface area (Å²) in [7, 11) is 0. The fraction of sp³-hybridized carbons (Fsp3) is 0.917. The molecule has 0 radical (unpaired) electrons. The van der Waals surface area contributed by atoms with Gasteiger partial charge in [-0.25, -0.2) is 0 Å². The summed E-state index contributed by atoms with van der Waals surface area (Å²) >= 11 is 0.